The van der Waals surface area contributed by atoms with Crippen molar-refractivity contribution in [1.29, 1.82) is 0 Å². The van der Waals surface area contributed by atoms with Crippen molar-refractivity contribution in [1.82, 2.24) is 20.5 Å². The van der Waals surface area contributed by atoms with Gasteiger partial charge < -0.3 is 30.7 Å². The fourth-order valence-corrected chi connectivity index (χ4v) is 4.82. The Morgan fingerprint density at radius 2 is 1.86 bits per heavy atom. The molecule has 5 N–H and O–H groups in total. The third-order valence-electron chi connectivity index (χ3n) is 7.03. The van der Waals surface area contributed by atoms with Crippen LogP contribution in [-0.4, -0.2) is 75.8 Å². The molecule has 1 aliphatic rings. The van der Waals surface area contributed by atoms with Gasteiger partial charge in [0.2, 0.25) is 11.8 Å². The van der Waals surface area contributed by atoms with Crippen molar-refractivity contribution in [2.45, 2.75) is 57.0 Å². The second-order valence-corrected chi connectivity index (χ2v) is 9.43. The number of amides is 2. The number of hydrogen-bond acceptors (Lipinski definition) is 5. The molecule has 36 heavy (non-hydrogen) atoms. The Kier molecular flexibility index (Phi) is 7.73. The number of H-pyrrole nitrogens is 1. The second kappa shape index (κ2) is 10.8. The summed E-state index contributed by atoms with van der Waals surface area (Å²) in [5, 5.41) is 27.6. The molecule has 0 saturated carbocycles. The van der Waals surface area contributed by atoms with Crippen LogP contribution in [-0.2, 0) is 16.0 Å². The number of aromatic amines is 1. The fourth-order valence-electron chi connectivity index (χ4n) is 4.82. The van der Waals surface area contributed by atoms with Gasteiger partial charge >= 0.3 is 0 Å². The normalized spacial score (nSPS) is 20.3. The zero-order chi connectivity index (χ0) is 26.0. The van der Waals surface area contributed by atoms with E-state index in [0.29, 0.717) is 19.4 Å². The highest BCUT2D eigenvalue weighted by Crippen LogP contribution is 2.34. The number of rotatable bonds is 8. The Bertz CT molecular complexity index is 1230. The summed E-state index contributed by atoms with van der Waals surface area (Å²) < 4.78 is 13.6. The van der Waals surface area contributed by atoms with E-state index in [2.05, 4.69) is 15.6 Å². The minimum atomic E-state index is -1.14. The largest absolute Gasteiger partial charge is 0.391 e. The maximum Gasteiger partial charge on any atom is 0.248 e. The van der Waals surface area contributed by atoms with Crippen LogP contribution in [0.4, 0.5) is 4.39 Å². The Morgan fingerprint density at radius 1 is 1.17 bits per heavy atom. The number of fused-ring (bicyclic) bond motifs is 1. The minimum absolute atomic E-state index is 0.305. The molecular formula is C27H33FN4O4. The third kappa shape index (κ3) is 5.13. The average molecular weight is 497 g/mol. The van der Waals surface area contributed by atoms with Gasteiger partial charge in [0.1, 0.15) is 11.9 Å². The predicted molar refractivity (Wildman–Crippen MR) is 136 cm³/mol. The number of aromatic nitrogens is 1. The number of aliphatic hydroxyl groups is 2. The molecule has 4 rings (SSSR count). The summed E-state index contributed by atoms with van der Waals surface area (Å²) in [6, 6.07) is 11.7. The molecule has 2 amide bonds. The first-order chi connectivity index (χ1) is 17.2. The molecule has 2 unspecified atom stereocenters. The van der Waals surface area contributed by atoms with Gasteiger partial charge in [-0.05, 0) is 75.2 Å². The topological polar surface area (TPSA) is 118 Å². The smallest absolute Gasteiger partial charge is 0.248 e. The molecular weight excluding hydrogens is 463 g/mol. The first-order valence-corrected chi connectivity index (χ1v) is 12.2. The molecule has 2 heterocycles. The molecule has 8 nitrogen and oxygen atoms in total. The number of aliphatic hydroxyl groups excluding tert-OH is 2. The van der Waals surface area contributed by atoms with Crippen molar-refractivity contribution in [3.63, 3.8) is 0 Å². The van der Waals surface area contributed by atoms with Crippen molar-refractivity contribution in [2.24, 2.45) is 0 Å². The highest BCUT2D eigenvalue weighted by atomic mass is 19.1. The lowest BCUT2D eigenvalue weighted by Gasteiger charge is -2.32. The molecule has 0 radical (unpaired) electrons. The molecule has 1 fully saturated rings. The zero-order valence-corrected chi connectivity index (χ0v) is 20.7. The molecule has 5 atom stereocenters. The van der Waals surface area contributed by atoms with Crippen LogP contribution in [0.25, 0.3) is 22.2 Å². The molecule has 0 bridgehead atoms. The number of likely N-dealkylation sites (N-methyl/N-ethyl adjacent to an activating group) is 1. The van der Waals surface area contributed by atoms with Crippen LogP contribution in [0.3, 0.4) is 0 Å². The van der Waals surface area contributed by atoms with Crippen molar-refractivity contribution in [3.05, 3.63) is 59.9 Å². The van der Waals surface area contributed by atoms with Gasteiger partial charge in [-0.3, -0.25) is 9.59 Å². The Labute approximate surface area is 209 Å². The maximum absolute atomic E-state index is 13.6. The number of carbonyl (C=O) groups excluding carboxylic acids is 2. The van der Waals surface area contributed by atoms with Gasteiger partial charge in [-0.25, -0.2) is 4.39 Å². The summed E-state index contributed by atoms with van der Waals surface area (Å²) in [6.45, 7) is 3.43. The molecule has 9 heteroatoms. The standard InChI is InChI=1S/C27H33FN4O4/c1-15(29-3)26(35)31-24(16(2)33)27(36)32-13-12-23(34)22(32)14-20-19-6-4-5-7-21(19)30-25(20)17-8-10-18(28)11-9-17/h4-11,15-16,22-24,29-30,33-34H,12-14H2,1-3H3,(H,31,35)/t15-,16?,22-,23?,24-/m0/s1. The van der Waals surface area contributed by atoms with Crippen molar-refractivity contribution >= 4 is 22.7 Å². The van der Waals surface area contributed by atoms with Gasteiger partial charge in [0.05, 0.1) is 24.3 Å². The fraction of sp³-hybridized carbons (Fsp3) is 0.407. The van der Waals surface area contributed by atoms with E-state index in [-0.39, 0.29) is 5.82 Å². The molecule has 1 aromatic heterocycles. The van der Waals surface area contributed by atoms with E-state index in [1.807, 2.05) is 24.3 Å². The van der Waals surface area contributed by atoms with Gasteiger partial charge in [0, 0.05) is 23.1 Å². The third-order valence-corrected chi connectivity index (χ3v) is 7.03. The average Bonchev–Trinajstić information content (AvgIpc) is 3.42. The minimum Gasteiger partial charge on any atom is -0.391 e. The lowest BCUT2D eigenvalue weighted by Crippen LogP contribution is -2.58. The van der Waals surface area contributed by atoms with E-state index in [1.165, 1.54) is 19.1 Å². The first kappa shape index (κ1) is 25.8. The second-order valence-electron chi connectivity index (χ2n) is 9.43. The lowest BCUT2D eigenvalue weighted by atomic mass is 9.96. The molecule has 1 saturated heterocycles. The van der Waals surface area contributed by atoms with Gasteiger partial charge in [-0.15, -0.1) is 0 Å². The first-order valence-electron chi connectivity index (χ1n) is 12.2. The number of carbonyl (C=O) groups is 2. The summed E-state index contributed by atoms with van der Waals surface area (Å²) >= 11 is 0. The van der Waals surface area contributed by atoms with E-state index in [9.17, 15) is 24.2 Å². The quantitative estimate of drug-likeness (QED) is 0.327. The van der Waals surface area contributed by atoms with Crippen LogP contribution in [0.5, 0.6) is 0 Å². The molecule has 1 aliphatic heterocycles. The van der Waals surface area contributed by atoms with Gasteiger partial charge in [0.15, 0.2) is 0 Å². The molecule has 0 aliphatic carbocycles. The van der Waals surface area contributed by atoms with E-state index in [1.54, 1.807) is 31.0 Å². The zero-order valence-electron chi connectivity index (χ0n) is 20.7. The van der Waals surface area contributed by atoms with Crippen LogP contribution in [0.15, 0.2) is 48.5 Å². The van der Waals surface area contributed by atoms with E-state index < -0.39 is 42.1 Å². The van der Waals surface area contributed by atoms with Crippen molar-refractivity contribution < 1.29 is 24.2 Å². The molecule has 0 spiro atoms. The molecule has 192 valence electrons. The highest BCUT2D eigenvalue weighted by Gasteiger charge is 2.41. The SMILES string of the molecule is CN[C@@H](C)C(=O)N[C@H](C(=O)N1CCC(O)[C@@H]1Cc1c(-c2ccc(F)cc2)[nH]c2ccccc12)C(C)O. The van der Waals surface area contributed by atoms with Crippen molar-refractivity contribution in [2.75, 3.05) is 13.6 Å². The van der Waals surface area contributed by atoms with E-state index in [4.69, 9.17) is 0 Å². The Morgan fingerprint density at radius 3 is 2.53 bits per heavy atom. The molecule has 2 aromatic carbocycles. The number of hydrogen-bond donors (Lipinski definition) is 5. The Balaban J connectivity index is 1.67. The Hall–Kier alpha value is -3.27. The lowest BCUT2D eigenvalue weighted by molar-refractivity contribution is -0.141. The number of nitrogens with zero attached hydrogens (tertiary/aromatic N) is 1. The van der Waals surface area contributed by atoms with E-state index >= 15 is 0 Å². The van der Waals surface area contributed by atoms with Crippen LogP contribution < -0.4 is 10.6 Å². The number of likely N-dealkylation sites (tertiary alicyclic amines) is 1. The number of nitrogens with one attached hydrogen (secondary N) is 3. The summed E-state index contributed by atoms with van der Waals surface area (Å²) in [5.41, 5.74) is 3.39. The van der Waals surface area contributed by atoms with Crippen molar-refractivity contribution in [3.8, 4) is 11.3 Å². The maximum atomic E-state index is 13.6. The predicted octanol–water partition coefficient (Wildman–Crippen LogP) is 1.95. The van der Waals surface area contributed by atoms with Gasteiger partial charge in [-0.2, -0.15) is 0 Å². The van der Waals surface area contributed by atoms with Crippen LogP contribution >= 0.6 is 0 Å². The van der Waals surface area contributed by atoms with Crippen LogP contribution in [0, 0.1) is 5.82 Å². The summed E-state index contributed by atoms with van der Waals surface area (Å²) in [6.07, 6.45) is -1.16. The number of benzene rings is 2. The van der Waals surface area contributed by atoms with Crippen LogP contribution in [0.2, 0.25) is 0 Å². The summed E-state index contributed by atoms with van der Waals surface area (Å²) in [4.78, 5) is 31.0. The van der Waals surface area contributed by atoms with E-state index in [0.717, 1.165) is 27.7 Å². The number of para-hydroxylation sites is 1. The van der Waals surface area contributed by atoms with Gasteiger partial charge in [-0.1, -0.05) is 18.2 Å². The monoisotopic (exact) mass is 496 g/mol. The highest BCUT2D eigenvalue weighted by molar-refractivity contribution is 5.92. The summed E-state index contributed by atoms with van der Waals surface area (Å²) in [7, 11) is 1.64. The molecule has 3 aromatic rings. The number of halogens is 1. The van der Waals surface area contributed by atoms with Gasteiger partial charge in [0.25, 0.3) is 0 Å². The van der Waals surface area contributed by atoms with Crippen LogP contribution in [0.1, 0.15) is 25.8 Å². The summed E-state index contributed by atoms with van der Waals surface area (Å²) in [5.74, 6) is -1.17.